The molecule has 0 aliphatic rings. The second-order valence-corrected chi connectivity index (χ2v) is 5.29. The minimum atomic E-state index is 0.725. The van der Waals surface area contributed by atoms with Crippen molar-refractivity contribution in [2.24, 2.45) is 0 Å². The van der Waals surface area contributed by atoms with Gasteiger partial charge < -0.3 is 9.73 Å². The van der Waals surface area contributed by atoms with Crippen LogP contribution in [0.5, 0.6) is 0 Å². The Morgan fingerprint density at radius 2 is 2.21 bits per heavy atom. The first-order chi connectivity index (χ1) is 6.68. The van der Waals surface area contributed by atoms with Crippen molar-refractivity contribution >= 4 is 11.8 Å². The predicted molar refractivity (Wildman–Crippen MR) is 62.7 cm³/mol. The molecule has 0 aliphatic carbocycles. The molecule has 0 saturated carbocycles. The molecule has 1 heterocycles. The van der Waals surface area contributed by atoms with E-state index in [2.05, 4.69) is 19.2 Å². The Kier molecular flexibility index (Phi) is 5.12. The fourth-order valence-corrected chi connectivity index (χ4v) is 1.89. The molecule has 1 N–H and O–H groups in total. The van der Waals surface area contributed by atoms with Crippen LogP contribution in [0.3, 0.4) is 0 Å². The van der Waals surface area contributed by atoms with Crippen molar-refractivity contribution in [1.29, 1.82) is 0 Å². The minimum Gasteiger partial charge on any atom is -0.465 e. The van der Waals surface area contributed by atoms with E-state index in [4.69, 9.17) is 4.42 Å². The van der Waals surface area contributed by atoms with Crippen LogP contribution in [-0.4, -0.2) is 17.5 Å². The topological polar surface area (TPSA) is 25.2 Å². The summed E-state index contributed by atoms with van der Waals surface area (Å²) in [5.41, 5.74) is 0. The van der Waals surface area contributed by atoms with Crippen molar-refractivity contribution in [1.82, 2.24) is 5.32 Å². The second kappa shape index (κ2) is 6.14. The van der Waals surface area contributed by atoms with E-state index in [1.807, 2.05) is 30.8 Å². The Hall–Kier alpha value is -0.410. The number of hydrogen-bond donors (Lipinski definition) is 1. The van der Waals surface area contributed by atoms with E-state index in [0.717, 1.165) is 35.6 Å². The van der Waals surface area contributed by atoms with Gasteiger partial charge in [0.2, 0.25) is 0 Å². The summed E-state index contributed by atoms with van der Waals surface area (Å²) in [7, 11) is 0. The summed E-state index contributed by atoms with van der Waals surface area (Å²) in [6.45, 7) is 8.30. The molecular formula is C11H19NOS. The van der Waals surface area contributed by atoms with Crippen LogP contribution < -0.4 is 5.32 Å². The Bertz CT molecular complexity index is 258. The average molecular weight is 213 g/mol. The first-order valence-electron chi connectivity index (χ1n) is 5.06. The molecule has 14 heavy (non-hydrogen) atoms. The lowest BCUT2D eigenvalue weighted by molar-refractivity contribution is 0.466. The quantitative estimate of drug-likeness (QED) is 0.736. The molecule has 3 heteroatoms. The third-order valence-electron chi connectivity index (χ3n) is 1.83. The van der Waals surface area contributed by atoms with Crippen LogP contribution in [0.2, 0.25) is 0 Å². The molecule has 1 aromatic rings. The van der Waals surface area contributed by atoms with Crippen LogP contribution in [0, 0.1) is 6.92 Å². The van der Waals surface area contributed by atoms with Crippen LogP contribution in [-0.2, 0) is 6.54 Å². The summed E-state index contributed by atoms with van der Waals surface area (Å²) >= 11 is 1.98. The highest BCUT2D eigenvalue weighted by molar-refractivity contribution is 7.99. The lowest BCUT2D eigenvalue weighted by Crippen LogP contribution is -2.16. The van der Waals surface area contributed by atoms with Gasteiger partial charge in [0, 0.05) is 12.3 Å². The van der Waals surface area contributed by atoms with E-state index < -0.39 is 0 Å². The van der Waals surface area contributed by atoms with Gasteiger partial charge in [0.05, 0.1) is 6.54 Å². The van der Waals surface area contributed by atoms with Gasteiger partial charge in [-0.1, -0.05) is 13.8 Å². The van der Waals surface area contributed by atoms with Gasteiger partial charge in [-0.2, -0.15) is 11.8 Å². The van der Waals surface area contributed by atoms with Crippen molar-refractivity contribution in [3.05, 3.63) is 23.7 Å². The average Bonchev–Trinajstić information content (AvgIpc) is 2.50. The largest absolute Gasteiger partial charge is 0.465 e. The normalized spacial score (nSPS) is 11.1. The summed E-state index contributed by atoms with van der Waals surface area (Å²) < 4.78 is 5.44. The smallest absolute Gasteiger partial charge is 0.117 e. The molecular weight excluding hydrogens is 194 g/mol. The van der Waals surface area contributed by atoms with E-state index in [-0.39, 0.29) is 0 Å². The van der Waals surface area contributed by atoms with Crippen LogP contribution >= 0.6 is 11.8 Å². The van der Waals surface area contributed by atoms with Crippen LogP contribution in [0.25, 0.3) is 0 Å². The third kappa shape index (κ3) is 4.72. The fourth-order valence-electron chi connectivity index (χ4n) is 1.16. The van der Waals surface area contributed by atoms with Gasteiger partial charge in [0.25, 0.3) is 0 Å². The molecule has 0 bridgehead atoms. The summed E-state index contributed by atoms with van der Waals surface area (Å²) in [5, 5.41) is 4.08. The first kappa shape index (κ1) is 11.7. The number of furan rings is 1. The molecule has 0 amide bonds. The first-order valence-corrected chi connectivity index (χ1v) is 6.11. The van der Waals surface area contributed by atoms with E-state index in [9.17, 15) is 0 Å². The highest BCUT2D eigenvalue weighted by Crippen LogP contribution is 2.08. The van der Waals surface area contributed by atoms with Crippen molar-refractivity contribution in [3.8, 4) is 0 Å². The van der Waals surface area contributed by atoms with Gasteiger partial charge in [-0.05, 0) is 24.3 Å². The second-order valence-electron chi connectivity index (χ2n) is 3.61. The van der Waals surface area contributed by atoms with Crippen molar-refractivity contribution < 1.29 is 4.42 Å². The molecule has 0 saturated heterocycles. The molecule has 1 rings (SSSR count). The zero-order valence-electron chi connectivity index (χ0n) is 9.17. The van der Waals surface area contributed by atoms with Crippen LogP contribution in [0.4, 0.5) is 0 Å². The van der Waals surface area contributed by atoms with E-state index >= 15 is 0 Å². The maximum atomic E-state index is 5.44. The molecule has 0 fully saturated rings. The van der Waals surface area contributed by atoms with Gasteiger partial charge in [-0.25, -0.2) is 0 Å². The summed E-state index contributed by atoms with van der Waals surface area (Å²) in [4.78, 5) is 0. The Balaban J connectivity index is 2.04. The van der Waals surface area contributed by atoms with Crippen molar-refractivity contribution in [2.45, 2.75) is 32.6 Å². The maximum Gasteiger partial charge on any atom is 0.117 e. The summed E-state index contributed by atoms with van der Waals surface area (Å²) in [6.07, 6.45) is 0. The Morgan fingerprint density at radius 3 is 2.79 bits per heavy atom. The molecule has 2 nitrogen and oxygen atoms in total. The van der Waals surface area contributed by atoms with Crippen molar-refractivity contribution in [3.63, 3.8) is 0 Å². The number of rotatable bonds is 6. The van der Waals surface area contributed by atoms with Gasteiger partial charge in [-0.3, -0.25) is 0 Å². The molecule has 0 atom stereocenters. The summed E-state index contributed by atoms with van der Waals surface area (Å²) in [6, 6.07) is 4.03. The molecule has 0 spiro atoms. The summed E-state index contributed by atoms with van der Waals surface area (Å²) in [5.74, 6) is 3.17. The molecule has 0 aromatic carbocycles. The van der Waals surface area contributed by atoms with E-state index in [1.54, 1.807) is 0 Å². The third-order valence-corrected chi connectivity index (χ3v) is 2.93. The molecule has 80 valence electrons. The lowest BCUT2D eigenvalue weighted by Gasteiger charge is -2.05. The van der Waals surface area contributed by atoms with Gasteiger partial charge >= 0.3 is 0 Å². The Morgan fingerprint density at radius 1 is 1.43 bits per heavy atom. The van der Waals surface area contributed by atoms with E-state index in [1.165, 1.54) is 0 Å². The van der Waals surface area contributed by atoms with E-state index in [0.29, 0.717) is 0 Å². The number of aryl methyl sites for hydroxylation is 1. The molecule has 0 aliphatic heterocycles. The predicted octanol–water partition coefficient (Wildman–Crippen LogP) is 2.82. The Labute approximate surface area is 90.5 Å². The highest BCUT2D eigenvalue weighted by Gasteiger charge is 1.98. The molecule has 0 radical (unpaired) electrons. The molecule has 1 aromatic heterocycles. The minimum absolute atomic E-state index is 0.725. The fraction of sp³-hybridized carbons (Fsp3) is 0.636. The zero-order chi connectivity index (χ0) is 10.4. The number of hydrogen-bond acceptors (Lipinski definition) is 3. The van der Waals surface area contributed by atoms with Crippen LogP contribution in [0.1, 0.15) is 25.4 Å². The standard InChI is InChI=1S/C11H19NOS/c1-9(2)14-7-6-12-8-11-5-4-10(3)13-11/h4-5,9,12H,6-8H2,1-3H3. The number of thioether (sulfide) groups is 1. The monoisotopic (exact) mass is 213 g/mol. The van der Waals surface area contributed by atoms with Gasteiger partial charge in [-0.15, -0.1) is 0 Å². The van der Waals surface area contributed by atoms with Crippen molar-refractivity contribution in [2.75, 3.05) is 12.3 Å². The maximum absolute atomic E-state index is 5.44. The van der Waals surface area contributed by atoms with Crippen LogP contribution in [0.15, 0.2) is 16.5 Å². The molecule has 0 unspecified atom stereocenters. The lowest BCUT2D eigenvalue weighted by atomic mass is 10.4. The van der Waals surface area contributed by atoms with Gasteiger partial charge in [0.15, 0.2) is 0 Å². The highest BCUT2D eigenvalue weighted by atomic mass is 32.2. The van der Waals surface area contributed by atoms with Gasteiger partial charge in [0.1, 0.15) is 11.5 Å². The number of nitrogens with one attached hydrogen (secondary N) is 1. The SMILES string of the molecule is Cc1ccc(CNCCSC(C)C)o1. The zero-order valence-corrected chi connectivity index (χ0v) is 9.99.